The third-order valence-corrected chi connectivity index (χ3v) is 5.64. The molecule has 0 radical (unpaired) electrons. The largest absolute Gasteiger partial charge is 0.394 e. The average molecular weight is 528 g/mol. The molecule has 2 aromatic heterocycles. The number of hydrogen-bond donors (Lipinski definition) is 4. The molecule has 1 amide bonds. The zero-order valence-electron chi connectivity index (χ0n) is 14.6. The monoisotopic (exact) mass is 528 g/mol. The number of rotatable bonds is 7. The molecule has 29 heavy (non-hydrogen) atoms. The minimum absolute atomic E-state index is 0.148. The van der Waals surface area contributed by atoms with Crippen LogP contribution in [0.4, 0.5) is 21.5 Å². The Morgan fingerprint density at radius 3 is 2.93 bits per heavy atom. The van der Waals surface area contributed by atoms with Gasteiger partial charge in [-0.05, 0) is 40.8 Å². The molecule has 4 N–H and O–H groups in total. The molecule has 0 aliphatic carbocycles. The van der Waals surface area contributed by atoms with Crippen molar-refractivity contribution in [2.45, 2.75) is 6.10 Å². The number of carbonyl (C=O) groups excluding carboxylic acids is 1. The van der Waals surface area contributed by atoms with E-state index >= 15 is 0 Å². The number of carbonyl (C=O) groups is 1. The van der Waals surface area contributed by atoms with Crippen molar-refractivity contribution in [3.8, 4) is 0 Å². The van der Waals surface area contributed by atoms with Crippen LogP contribution in [0.25, 0.3) is 14.9 Å². The fourth-order valence-corrected chi connectivity index (χ4v) is 3.91. The van der Waals surface area contributed by atoms with E-state index in [9.17, 15) is 14.3 Å². The SMILES string of the molecule is [C-]#[N+]c1cncc2c(Nc3ccc(I)cc3F)c(C(=O)NOC[C@H](O)CO)sc12. The summed E-state index contributed by atoms with van der Waals surface area (Å²) in [5, 5.41) is 21.5. The third kappa shape index (κ3) is 4.80. The van der Waals surface area contributed by atoms with E-state index in [0.717, 1.165) is 11.3 Å². The van der Waals surface area contributed by atoms with Crippen LogP contribution >= 0.6 is 33.9 Å². The maximum Gasteiger partial charge on any atom is 0.287 e. The van der Waals surface area contributed by atoms with Gasteiger partial charge in [-0.2, -0.15) is 0 Å². The molecule has 0 bridgehead atoms. The van der Waals surface area contributed by atoms with Crippen LogP contribution < -0.4 is 10.8 Å². The minimum Gasteiger partial charge on any atom is -0.394 e. The van der Waals surface area contributed by atoms with E-state index in [1.165, 1.54) is 18.5 Å². The van der Waals surface area contributed by atoms with Crippen molar-refractivity contribution >= 4 is 67.0 Å². The first-order chi connectivity index (χ1) is 13.9. The van der Waals surface area contributed by atoms with E-state index in [0.29, 0.717) is 13.7 Å². The molecule has 150 valence electrons. The Bertz CT molecular complexity index is 1100. The number of benzene rings is 1. The fraction of sp³-hybridized carbons (Fsp3) is 0.167. The average Bonchev–Trinajstić information content (AvgIpc) is 3.08. The number of halogens is 2. The van der Waals surface area contributed by atoms with Gasteiger partial charge in [-0.3, -0.25) is 14.6 Å². The molecule has 0 fully saturated rings. The van der Waals surface area contributed by atoms with Crippen LogP contribution in [0, 0.1) is 16.0 Å². The van der Waals surface area contributed by atoms with Crippen molar-refractivity contribution in [3.63, 3.8) is 0 Å². The second-order valence-corrected chi connectivity index (χ2v) is 8.05. The molecule has 0 aliphatic heterocycles. The molecule has 0 spiro atoms. The van der Waals surface area contributed by atoms with Gasteiger partial charge in [0.2, 0.25) is 5.69 Å². The van der Waals surface area contributed by atoms with Gasteiger partial charge >= 0.3 is 0 Å². The Labute approximate surface area is 182 Å². The Hall–Kier alpha value is -2.37. The second-order valence-electron chi connectivity index (χ2n) is 5.78. The summed E-state index contributed by atoms with van der Waals surface area (Å²) in [5.74, 6) is -1.15. The molecule has 8 nitrogen and oxygen atoms in total. The van der Waals surface area contributed by atoms with Gasteiger partial charge < -0.3 is 15.5 Å². The van der Waals surface area contributed by atoms with Crippen LogP contribution in [-0.2, 0) is 4.84 Å². The number of hydrogen-bond acceptors (Lipinski definition) is 7. The number of aromatic nitrogens is 1. The summed E-state index contributed by atoms with van der Waals surface area (Å²) in [6, 6.07) is 4.60. The van der Waals surface area contributed by atoms with E-state index in [1.807, 2.05) is 22.6 Å². The van der Waals surface area contributed by atoms with Gasteiger partial charge in [-0.25, -0.2) is 14.7 Å². The zero-order chi connectivity index (χ0) is 21.0. The van der Waals surface area contributed by atoms with Crippen molar-refractivity contribution in [3.05, 3.63) is 56.3 Å². The Balaban J connectivity index is 2.00. The molecule has 0 aliphatic rings. The maximum atomic E-state index is 14.3. The molecule has 1 atom stereocenters. The normalized spacial score (nSPS) is 11.8. The highest BCUT2D eigenvalue weighted by Crippen LogP contribution is 2.42. The standard InChI is InChI=1S/C18H14FIN4O4S/c1-21-14-6-22-5-11-15(23-13-3-2-9(20)4-12(13)19)17(29-16(11)14)18(27)24-28-8-10(26)7-25/h2-6,10,23,25-26H,7-8H2,(H,24,27)/t10-/m1/s1. The lowest BCUT2D eigenvalue weighted by atomic mass is 10.2. The van der Waals surface area contributed by atoms with E-state index in [2.05, 4.69) is 20.6 Å². The summed E-state index contributed by atoms with van der Waals surface area (Å²) < 4.78 is 15.6. The molecular weight excluding hydrogens is 514 g/mol. The van der Waals surface area contributed by atoms with Crippen molar-refractivity contribution in [1.82, 2.24) is 10.5 Å². The predicted molar refractivity (Wildman–Crippen MR) is 115 cm³/mol. The lowest BCUT2D eigenvalue weighted by molar-refractivity contribution is -0.0293. The summed E-state index contributed by atoms with van der Waals surface area (Å²) in [5.41, 5.74) is 2.88. The first-order valence-corrected chi connectivity index (χ1v) is 10.0. The smallest absolute Gasteiger partial charge is 0.287 e. The Morgan fingerprint density at radius 1 is 1.45 bits per heavy atom. The van der Waals surface area contributed by atoms with Crippen molar-refractivity contribution in [1.29, 1.82) is 0 Å². The summed E-state index contributed by atoms with van der Waals surface area (Å²) in [6.45, 7) is 6.48. The first-order valence-electron chi connectivity index (χ1n) is 8.15. The number of hydroxylamine groups is 1. The van der Waals surface area contributed by atoms with Gasteiger partial charge in [0.25, 0.3) is 5.91 Å². The number of fused-ring (bicyclic) bond motifs is 1. The minimum atomic E-state index is -1.14. The van der Waals surface area contributed by atoms with Gasteiger partial charge in [-0.1, -0.05) is 0 Å². The van der Waals surface area contributed by atoms with Gasteiger partial charge in [0, 0.05) is 26.1 Å². The molecule has 1 aromatic carbocycles. The summed E-state index contributed by atoms with van der Waals surface area (Å²) in [7, 11) is 0. The topological polar surface area (TPSA) is 108 Å². The zero-order valence-corrected chi connectivity index (χ0v) is 17.6. The third-order valence-electron chi connectivity index (χ3n) is 3.75. The number of thiophene rings is 1. The summed E-state index contributed by atoms with van der Waals surface area (Å²) in [4.78, 5) is 25.1. The maximum absolute atomic E-state index is 14.3. The number of aliphatic hydroxyl groups excluding tert-OH is 2. The van der Waals surface area contributed by atoms with Crippen LogP contribution in [-0.4, -0.2) is 40.4 Å². The molecule has 0 saturated carbocycles. The molecule has 0 unspecified atom stereocenters. The van der Waals surface area contributed by atoms with E-state index < -0.39 is 24.4 Å². The molecule has 3 rings (SSSR count). The summed E-state index contributed by atoms with van der Waals surface area (Å²) in [6.07, 6.45) is 1.73. The predicted octanol–water partition coefficient (Wildman–Crippen LogP) is 3.35. The summed E-state index contributed by atoms with van der Waals surface area (Å²) >= 11 is 3.02. The number of amides is 1. The fourth-order valence-electron chi connectivity index (χ4n) is 2.39. The van der Waals surface area contributed by atoms with Crippen molar-refractivity contribution in [2.24, 2.45) is 0 Å². The lowest BCUT2D eigenvalue weighted by Crippen LogP contribution is -2.29. The lowest BCUT2D eigenvalue weighted by Gasteiger charge is -2.11. The highest BCUT2D eigenvalue weighted by Gasteiger charge is 2.22. The van der Waals surface area contributed by atoms with E-state index in [1.54, 1.807) is 12.1 Å². The van der Waals surface area contributed by atoms with Crippen LogP contribution in [0.1, 0.15) is 9.67 Å². The highest BCUT2D eigenvalue weighted by molar-refractivity contribution is 14.1. The molecule has 11 heteroatoms. The highest BCUT2D eigenvalue weighted by atomic mass is 127. The van der Waals surface area contributed by atoms with Gasteiger partial charge in [0.05, 0.1) is 24.6 Å². The number of nitrogens with zero attached hydrogens (tertiary/aromatic N) is 2. The van der Waals surface area contributed by atoms with Crippen LogP contribution in [0.3, 0.4) is 0 Å². The van der Waals surface area contributed by atoms with Gasteiger partial charge in [0.15, 0.2) is 0 Å². The molecule has 2 heterocycles. The number of anilines is 2. The first kappa shape index (κ1) is 21.3. The number of nitrogens with one attached hydrogen (secondary N) is 2. The van der Waals surface area contributed by atoms with Gasteiger partial charge in [0.1, 0.15) is 23.4 Å². The van der Waals surface area contributed by atoms with Gasteiger partial charge in [-0.15, -0.1) is 11.3 Å². The van der Waals surface area contributed by atoms with Crippen molar-refractivity contribution in [2.75, 3.05) is 18.5 Å². The molecule has 3 aromatic rings. The van der Waals surface area contributed by atoms with Crippen LogP contribution in [0.15, 0.2) is 30.6 Å². The number of aliphatic hydroxyl groups is 2. The molecular formula is C18H14FIN4O4S. The Morgan fingerprint density at radius 2 is 2.24 bits per heavy atom. The second kappa shape index (κ2) is 9.42. The Kier molecular flexibility index (Phi) is 6.93. The van der Waals surface area contributed by atoms with E-state index in [-0.39, 0.29) is 28.5 Å². The van der Waals surface area contributed by atoms with Crippen molar-refractivity contribution < 1.29 is 24.2 Å². The van der Waals surface area contributed by atoms with Crippen LogP contribution in [0.5, 0.6) is 0 Å². The molecule has 0 saturated heterocycles. The number of pyridine rings is 1. The quantitative estimate of drug-likeness (QED) is 0.213. The van der Waals surface area contributed by atoms with E-state index in [4.69, 9.17) is 16.5 Å². The van der Waals surface area contributed by atoms with Crippen LogP contribution in [0.2, 0.25) is 0 Å².